The van der Waals surface area contributed by atoms with Crippen LogP contribution in [0.15, 0.2) is 30.3 Å². The SMILES string of the molecule is CC.CCCN.C[C@@H]1CCCN1C(=O)[C@H](CC(=N)N)NC(=O)CCc1ccccc1.O=CNC=O. The molecule has 198 valence electrons. The Morgan fingerprint density at radius 3 is 2.17 bits per heavy atom. The van der Waals surface area contributed by atoms with Crippen LogP contribution < -0.4 is 22.1 Å². The van der Waals surface area contributed by atoms with Crippen LogP contribution in [0.25, 0.3) is 0 Å². The van der Waals surface area contributed by atoms with Crippen LogP contribution in [-0.4, -0.2) is 60.5 Å². The summed E-state index contributed by atoms with van der Waals surface area (Å²) in [6.45, 7) is 9.58. The summed E-state index contributed by atoms with van der Waals surface area (Å²) in [5.41, 5.74) is 11.6. The second-order valence-corrected chi connectivity index (χ2v) is 7.55. The summed E-state index contributed by atoms with van der Waals surface area (Å²) in [7, 11) is 0. The number of nitrogens with two attached hydrogens (primary N) is 2. The monoisotopic (exact) mass is 492 g/mol. The minimum atomic E-state index is -0.744. The van der Waals surface area contributed by atoms with Crippen LogP contribution in [-0.2, 0) is 25.6 Å². The molecule has 1 aromatic rings. The highest BCUT2D eigenvalue weighted by atomic mass is 16.2. The Kier molecular flexibility index (Phi) is 21.8. The number of carbonyl (C=O) groups is 4. The number of aryl methyl sites for hydroxylation is 1. The zero-order valence-corrected chi connectivity index (χ0v) is 21.6. The molecule has 10 nitrogen and oxygen atoms in total. The van der Waals surface area contributed by atoms with Gasteiger partial charge in [0, 0.05) is 25.4 Å². The van der Waals surface area contributed by atoms with Crippen molar-refractivity contribution < 1.29 is 19.2 Å². The Labute approximate surface area is 209 Å². The highest BCUT2D eigenvalue weighted by molar-refractivity contribution is 5.92. The highest BCUT2D eigenvalue weighted by Crippen LogP contribution is 2.18. The molecule has 0 bridgehead atoms. The summed E-state index contributed by atoms with van der Waals surface area (Å²) in [4.78, 5) is 44.8. The molecule has 1 aliphatic heterocycles. The van der Waals surface area contributed by atoms with Gasteiger partial charge in [0.25, 0.3) is 0 Å². The third kappa shape index (κ3) is 16.9. The molecule has 0 aromatic heterocycles. The van der Waals surface area contributed by atoms with Crippen LogP contribution >= 0.6 is 0 Å². The molecule has 0 unspecified atom stereocenters. The van der Waals surface area contributed by atoms with Crippen LogP contribution in [0.2, 0.25) is 0 Å². The molecule has 10 heteroatoms. The molecule has 35 heavy (non-hydrogen) atoms. The molecule has 4 amide bonds. The summed E-state index contributed by atoms with van der Waals surface area (Å²) in [6, 6.07) is 9.17. The van der Waals surface area contributed by atoms with E-state index in [9.17, 15) is 9.59 Å². The van der Waals surface area contributed by atoms with Gasteiger partial charge in [0.15, 0.2) is 0 Å². The number of likely N-dealkylation sites (tertiary alicyclic amines) is 1. The van der Waals surface area contributed by atoms with Crippen molar-refractivity contribution in [1.82, 2.24) is 15.5 Å². The van der Waals surface area contributed by atoms with Crippen LogP contribution in [0.5, 0.6) is 0 Å². The van der Waals surface area contributed by atoms with Crippen molar-refractivity contribution in [2.75, 3.05) is 13.1 Å². The number of nitrogens with zero attached hydrogens (tertiary/aromatic N) is 1. The van der Waals surface area contributed by atoms with E-state index in [-0.39, 0.29) is 30.1 Å². The number of hydrogen-bond acceptors (Lipinski definition) is 6. The average molecular weight is 493 g/mol. The molecule has 1 aliphatic rings. The lowest BCUT2D eigenvalue weighted by Crippen LogP contribution is -2.51. The first kappa shape index (κ1) is 33.9. The molecule has 0 saturated carbocycles. The largest absolute Gasteiger partial charge is 0.388 e. The van der Waals surface area contributed by atoms with E-state index in [0.717, 1.165) is 31.4 Å². The smallest absolute Gasteiger partial charge is 0.245 e. The summed E-state index contributed by atoms with van der Waals surface area (Å²) < 4.78 is 0. The van der Waals surface area contributed by atoms with Crippen molar-refractivity contribution in [2.24, 2.45) is 11.5 Å². The van der Waals surface area contributed by atoms with Gasteiger partial charge in [-0.1, -0.05) is 51.1 Å². The predicted octanol–water partition coefficient (Wildman–Crippen LogP) is 1.71. The van der Waals surface area contributed by atoms with Gasteiger partial charge in [-0.2, -0.15) is 0 Å². The third-order valence-corrected chi connectivity index (χ3v) is 4.80. The molecule has 1 aromatic carbocycles. The highest BCUT2D eigenvalue weighted by Gasteiger charge is 2.31. The molecular weight excluding hydrogens is 448 g/mol. The van der Waals surface area contributed by atoms with Gasteiger partial charge < -0.3 is 27.0 Å². The Morgan fingerprint density at radius 2 is 1.77 bits per heavy atom. The van der Waals surface area contributed by atoms with Gasteiger partial charge in [-0.25, -0.2) is 0 Å². The second kappa shape index (κ2) is 22.5. The van der Waals surface area contributed by atoms with E-state index in [4.69, 9.17) is 26.5 Å². The van der Waals surface area contributed by atoms with Crippen molar-refractivity contribution in [3.05, 3.63) is 35.9 Å². The van der Waals surface area contributed by atoms with Gasteiger partial charge in [0.2, 0.25) is 24.6 Å². The van der Waals surface area contributed by atoms with Crippen LogP contribution in [0.1, 0.15) is 65.4 Å². The Bertz CT molecular complexity index is 722. The van der Waals surface area contributed by atoms with Crippen molar-refractivity contribution in [1.29, 1.82) is 5.41 Å². The quantitative estimate of drug-likeness (QED) is 0.189. The van der Waals surface area contributed by atoms with Gasteiger partial charge in [0.1, 0.15) is 6.04 Å². The topological polar surface area (TPSA) is 171 Å². The third-order valence-electron chi connectivity index (χ3n) is 4.80. The number of benzene rings is 1. The summed E-state index contributed by atoms with van der Waals surface area (Å²) in [6.07, 6.45) is 4.65. The number of imide groups is 1. The zero-order chi connectivity index (χ0) is 27.1. The number of amides is 4. The maximum absolute atomic E-state index is 12.7. The Hall–Kier alpha value is -3.27. The molecule has 0 radical (unpaired) electrons. The van der Waals surface area contributed by atoms with Crippen molar-refractivity contribution in [3.8, 4) is 0 Å². The zero-order valence-electron chi connectivity index (χ0n) is 21.6. The first-order valence-corrected chi connectivity index (χ1v) is 12.1. The molecule has 0 aliphatic carbocycles. The van der Waals surface area contributed by atoms with Gasteiger partial charge in [-0.15, -0.1) is 0 Å². The summed E-state index contributed by atoms with van der Waals surface area (Å²) in [5, 5.41) is 12.0. The van der Waals surface area contributed by atoms with Crippen LogP contribution in [0.3, 0.4) is 0 Å². The molecule has 2 atom stereocenters. The number of hydrogen-bond donors (Lipinski definition) is 5. The van der Waals surface area contributed by atoms with Crippen LogP contribution in [0, 0.1) is 5.41 Å². The Balaban J connectivity index is 0. The van der Waals surface area contributed by atoms with Gasteiger partial charge in [-0.3, -0.25) is 24.6 Å². The van der Waals surface area contributed by atoms with Crippen molar-refractivity contribution >= 4 is 30.5 Å². The minimum Gasteiger partial charge on any atom is -0.388 e. The van der Waals surface area contributed by atoms with E-state index in [2.05, 4.69) is 12.2 Å². The normalized spacial score (nSPS) is 14.3. The first-order chi connectivity index (χ1) is 16.8. The summed E-state index contributed by atoms with van der Waals surface area (Å²) in [5.74, 6) is -0.419. The number of nitrogens with one attached hydrogen (secondary N) is 3. The molecule has 0 spiro atoms. The van der Waals surface area contributed by atoms with Crippen LogP contribution in [0.4, 0.5) is 0 Å². The standard InChI is InChI=1S/C18H26N4O2.C3H9N.C2H3NO2.C2H6/c1-13-6-5-11-22(13)18(24)15(12-16(19)20)21-17(23)10-9-14-7-3-2-4-8-14;1-2-3-4;4-1-3-2-5;1-2/h2-4,7-8,13,15H,5-6,9-12H2,1H3,(H3,19,20)(H,21,23);2-4H2,1H3;1-2H,(H,3,4,5);1-2H3/t13-,15+;;;/m1.../s1. The lowest BCUT2D eigenvalue weighted by molar-refractivity contribution is -0.136. The summed E-state index contributed by atoms with van der Waals surface area (Å²) >= 11 is 0. The maximum atomic E-state index is 12.7. The molecule has 1 saturated heterocycles. The number of amidine groups is 1. The Morgan fingerprint density at radius 1 is 1.20 bits per heavy atom. The average Bonchev–Trinajstić information content (AvgIpc) is 3.30. The fraction of sp³-hybridized carbons (Fsp3) is 0.560. The predicted molar refractivity (Wildman–Crippen MR) is 140 cm³/mol. The first-order valence-electron chi connectivity index (χ1n) is 12.1. The second-order valence-electron chi connectivity index (χ2n) is 7.55. The van der Waals surface area contributed by atoms with E-state index in [1.54, 1.807) is 10.2 Å². The van der Waals surface area contributed by atoms with E-state index in [1.165, 1.54) is 0 Å². The van der Waals surface area contributed by atoms with E-state index in [1.807, 2.05) is 51.1 Å². The van der Waals surface area contributed by atoms with Crippen molar-refractivity contribution in [2.45, 2.75) is 78.3 Å². The van der Waals surface area contributed by atoms with Gasteiger partial charge in [0.05, 0.1) is 5.84 Å². The van der Waals surface area contributed by atoms with E-state index >= 15 is 0 Å². The van der Waals surface area contributed by atoms with E-state index in [0.29, 0.717) is 32.2 Å². The molecule has 1 heterocycles. The number of rotatable bonds is 10. The molecule has 7 N–H and O–H groups in total. The fourth-order valence-electron chi connectivity index (χ4n) is 3.08. The van der Waals surface area contributed by atoms with Gasteiger partial charge in [-0.05, 0) is 44.7 Å². The molecular formula is C25H44N6O4. The van der Waals surface area contributed by atoms with E-state index < -0.39 is 6.04 Å². The molecule has 2 rings (SSSR count). The number of carbonyl (C=O) groups excluding carboxylic acids is 4. The maximum Gasteiger partial charge on any atom is 0.245 e. The van der Waals surface area contributed by atoms with Crippen molar-refractivity contribution in [3.63, 3.8) is 0 Å². The molecule has 1 fully saturated rings. The lowest BCUT2D eigenvalue weighted by atomic mass is 10.1. The fourth-order valence-corrected chi connectivity index (χ4v) is 3.08. The lowest BCUT2D eigenvalue weighted by Gasteiger charge is -2.27. The van der Waals surface area contributed by atoms with Gasteiger partial charge >= 0.3 is 0 Å². The minimum absolute atomic E-state index is 0.0547.